The van der Waals surface area contributed by atoms with Crippen LogP contribution in [0.2, 0.25) is 0 Å². The van der Waals surface area contributed by atoms with Crippen LogP contribution in [0.4, 0.5) is 5.82 Å². The van der Waals surface area contributed by atoms with Gasteiger partial charge in [0.25, 0.3) is 0 Å². The average Bonchev–Trinajstić information content (AvgIpc) is 2.70. The first-order valence-corrected chi connectivity index (χ1v) is 8.65. The van der Waals surface area contributed by atoms with Gasteiger partial charge in [0, 0.05) is 6.26 Å². The number of hydrogen-bond acceptors (Lipinski definition) is 5. The molecule has 1 aromatic heterocycles. The van der Waals surface area contributed by atoms with Crippen LogP contribution in [0.25, 0.3) is 0 Å². The molecule has 2 atom stereocenters. The van der Waals surface area contributed by atoms with Gasteiger partial charge in [0.15, 0.2) is 5.82 Å². The molecular formula is C12H22N4O2S. The maximum atomic E-state index is 11.7. The molecule has 1 heterocycles. The van der Waals surface area contributed by atoms with Crippen molar-refractivity contribution in [1.82, 2.24) is 15.0 Å². The minimum absolute atomic E-state index is 0.0932. The first kappa shape index (κ1) is 14.3. The number of rotatable bonds is 3. The Morgan fingerprint density at radius 3 is 2.63 bits per heavy atom. The molecule has 0 aromatic carbocycles. The van der Waals surface area contributed by atoms with Crippen molar-refractivity contribution in [3.05, 3.63) is 5.69 Å². The smallest absolute Gasteiger partial charge is 0.169 e. The zero-order chi connectivity index (χ0) is 14.2. The summed E-state index contributed by atoms with van der Waals surface area (Å²) in [6.07, 6.45) is 4.52. The van der Waals surface area contributed by atoms with E-state index in [1.54, 1.807) is 0 Å². The zero-order valence-corrected chi connectivity index (χ0v) is 12.5. The SMILES string of the molecule is CC(C)c1c(N)nnn1C1CCCC(S(C)(=O)=O)C1. The number of nitrogen functional groups attached to an aromatic ring is 1. The van der Waals surface area contributed by atoms with Crippen LogP contribution in [-0.4, -0.2) is 34.9 Å². The summed E-state index contributed by atoms with van der Waals surface area (Å²) >= 11 is 0. The topological polar surface area (TPSA) is 90.9 Å². The van der Waals surface area contributed by atoms with Gasteiger partial charge in [-0.25, -0.2) is 13.1 Å². The fourth-order valence-corrected chi connectivity index (χ4v) is 4.04. The van der Waals surface area contributed by atoms with Crippen LogP contribution in [0.3, 0.4) is 0 Å². The highest BCUT2D eigenvalue weighted by atomic mass is 32.2. The predicted octanol–water partition coefficient (Wildman–Crippen LogP) is 1.51. The molecule has 6 nitrogen and oxygen atoms in total. The highest BCUT2D eigenvalue weighted by Gasteiger charge is 2.32. The number of nitrogens with two attached hydrogens (primary N) is 1. The predicted molar refractivity (Wildman–Crippen MR) is 74.7 cm³/mol. The Labute approximate surface area is 114 Å². The second-order valence-electron chi connectivity index (χ2n) is 5.73. The third kappa shape index (κ3) is 2.91. The fraction of sp³-hybridized carbons (Fsp3) is 0.833. The molecule has 2 rings (SSSR count). The van der Waals surface area contributed by atoms with Gasteiger partial charge in [-0.3, -0.25) is 0 Å². The van der Waals surface area contributed by atoms with Crippen molar-refractivity contribution in [2.24, 2.45) is 0 Å². The molecule has 108 valence electrons. The Kier molecular flexibility index (Phi) is 3.85. The molecule has 0 radical (unpaired) electrons. The van der Waals surface area contributed by atoms with Gasteiger partial charge in [0.1, 0.15) is 9.84 Å². The molecule has 2 N–H and O–H groups in total. The quantitative estimate of drug-likeness (QED) is 0.909. The molecule has 1 aliphatic rings. The van der Waals surface area contributed by atoms with Gasteiger partial charge in [0.05, 0.1) is 17.0 Å². The lowest BCUT2D eigenvalue weighted by Crippen LogP contribution is -2.30. The van der Waals surface area contributed by atoms with Crippen LogP contribution >= 0.6 is 0 Å². The van der Waals surface area contributed by atoms with Crippen LogP contribution in [0, 0.1) is 0 Å². The Hall–Kier alpha value is -1.11. The highest BCUT2D eigenvalue weighted by Crippen LogP contribution is 2.34. The van der Waals surface area contributed by atoms with Gasteiger partial charge >= 0.3 is 0 Å². The van der Waals surface area contributed by atoms with E-state index in [0.717, 1.165) is 25.0 Å². The summed E-state index contributed by atoms with van der Waals surface area (Å²) in [6.45, 7) is 4.09. The Morgan fingerprint density at radius 2 is 2.05 bits per heavy atom. The van der Waals surface area contributed by atoms with Crippen molar-refractivity contribution in [1.29, 1.82) is 0 Å². The third-order valence-electron chi connectivity index (χ3n) is 3.85. The monoisotopic (exact) mass is 286 g/mol. The van der Waals surface area contributed by atoms with Gasteiger partial charge in [-0.15, -0.1) is 5.10 Å². The number of anilines is 1. The summed E-state index contributed by atoms with van der Waals surface area (Å²) in [6, 6.07) is 0.0932. The van der Waals surface area contributed by atoms with Gasteiger partial charge in [-0.1, -0.05) is 25.5 Å². The molecule has 0 bridgehead atoms. The molecule has 19 heavy (non-hydrogen) atoms. The summed E-state index contributed by atoms with van der Waals surface area (Å²) in [7, 11) is -2.99. The molecule has 0 saturated heterocycles. The lowest BCUT2D eigenvalue weighted by Gasteiger charge is -2.29. The number of nitrogens with zero attached hydrogens (tertiary/aromatic N) is 3. The molecule has 1 aromatic rings. The van der Waals surface area contributed by atoms with Crippen molar-refractivity contribution in [3.8, 4) is 0 Å². The van der Waals surface area contributed by atoms with Crippen LogP contribution in [0.15, 0.2) is 0 Å². The largest absolute Gasteiger partial charge is 0.381 e. The summed E-state index contributed by atoms with van der Waals surface area (Å²) < 4.78 is 25.3. The minimum Gasteiger partial charge on any atom is -0.381 e. The number of sulfone groups is 1. The van der Waals surface area contributed by atoms with Crippen LogP contribution in [-0.2, 0) is 9.84 Å². The average molecular weight is 286 g/mol. The van der Waals surface area contributed by atoms with E-state index in [2.05, 4.69) is 10.3 Å². The first-order valence-electron chi connectivity index (χ1n) is 6.70. The van der Waals surface area contributed by atoms with Crippen molar-refractivity contribution >= 4 is 15.7 Å². The van der Waals surface area contributed by atoms with Crippen molar-refractivity contribution in [2.75, 3.05) is 12.0 Å². The molecule has 0 aliphatic heterocycles. The molecule has 1 fully saturated rings. The van der Waals surface area contributed by atoms with E-state index in [0.29, 0.717) is 12.2 Å². The summed E-state index contributed by atoms with van der Waals surface area (Å²) in [5, 5.41) is 7.80. The molecule has 0 spiro atoms. The Balaban J connectivity index is 2.27. The molecule has 7 heteroatoms. The molecule has 1 saturated carbocycles. The second-order valence-corrected chi connectivity index (χ2v) is 8.06. The Morgan fingerprint density at radius 1 is 1.37 bits per heavy atom. The van der Waals surface area contributed by atoms with Crippen LogP contribution < -0.4 is 5.73 Å². The maximum absolute atomic E-state index is 11.7. The van der Waals surface area contributed by atoms with Crippen molar-refractivity contribution < 1.29 is 8.42 Å². The van der Waals surface area contributed by atoms with Gasteiger partial charge in [0.2, 0.25) is 0 Å². The molecule has 0 amide bonds. The van der Waals surface area contributed by atoms with E-state index in [-0.39, 0.29) is 17.2 Å². The molecule has 2 unspecified atom stereocenters. The van der Waals surface area contributed by atoms with E-state index in [1.807, 2.05) is 18.5 Å². The van der Waals surface area contributed by atoms with Crippen LogP contribution in [0.5, 0.6) is 0 Å². The lowest BCUT2D eigenvalue weighted by molar-refractivity contribution is 0.315. The second kappa shape index (κ2) is 5.11. The van der Waals surface area contributed by atoms with E-state index >= 15 is 0 Å². The number of hydrogen-bond donors (Lipinski definition) is 1. The minimum atomic E-state index is -2.99. The molecular weight excluding hydrogens is 264 g/mol. The number of aromatic nitrogens is 3. The van der Waals surface area contributed by atoms with E-state index in [1.165, 1.54) is 6.26 Å². The normalized spacial score (nSPS) is 24.8. The standard InChI is InChI=1S/C12H22N4O2S/c1-8(2)11-12(13)14-15-16(11)9-5-4-6-10(7-9)19(3,17)18/h8-10H,4-7,13H2,1-3H3. The summed E-state index contributed by atoms with van der Waals surface area (Å²) in [5.74, 6) is 0.685. The van der Waals surface area contributed by atoms with Crippen molar-refractivity contribution in [3.63, 3.8) is 0 Å². The zero-order valence-electron chi connectivity index (χ0n) is 11.7. The first-order chi connectivity index (χ1) is 8.80. The fourth-order valence-electron chi connectivity index (χ4n) is 2.87. The van der Waals surface area contributed by atoms with Gasteiger partial charge in [-0.2, -0.15) is 0 Å². The summed E-state index contributed by atoms with van der Waals surface area (Å²) in [4.78, 5) is 0. The van der Waals surface area contributed by atoms with E-state index < -0.39 is 9.84 Å². The highest BCUT2D eigenvalue weighted by molar-refractivity contribution is 7.91. The van der Waals surface area contributed by atoms with E-state index in [9.17, 15) is 8.42 Å². The third-order valence-corrected chi connectivity index (χ3v) is 5.49. The van der Waals surface area contributed by atoms with E-state index in [4.69, 9.17) is 5.73 Å². The molecule has 1 aliphatic carbocycles. The van der Waals surface area contributed by atoms with Gasteiger partial charge < -0.3 is 5.73 Å². The maximum Gasteiger partial charge on any atom is 0.169 e. The summed E-state index contributed by atoms with van der Waals surface area (Å²) in [5.41, 5.74) is 6.77. The van der Waals surface area contributed by atoms with Crippen molar-refractivity contribution in [2.45, 2.75) is 56.7 Å². The Bertz CT molecular complexity index is 550. The van der Waals surface area contributed by atoms with Gasteiger partial charge in [-0.05, 0) is 25.2 Å². The lowest BCUT2D eigenvalue weighted by atomic mass is 9.94. The van der Waals surface area contributed by atoms with Crippen LogP contribution in [0.1, 0.15) is 57.2 Å².